The van der Waals surface area contributed by atoms with Crippen molar-refractivity contribution in [2.75, 3.05) is 53.9 Å². The lowest BCUT2D eigenvalue weighted by molar-refractivity contribution is -0.397. The minimum atomic E-state index is -2.12. The lowest BCUT2D eigenvalue weighted by atomic mass is 9.41. The first-order valence-corrected chi connectivity index (χ1v) is 34.7. The molecule has 0 amide bonds. The van der Waals surface area contributed by atoms with E-state index in [1.807, 2.05) is 6.92 Å². The molecule has 7 heterocycles. The van der Waals surface area contributed by atoms with Gasteiger partial charge in [-0.25, -0.2) is 0 Å². The van der Waals surface area contributed by atoms with E-state index >= 15 is 0 Å². The quantitative estimate of drug-likeness (QED) is 0.0359. The van der Waals surface area contributed by atoms with Crippen LogP contribution in [-0.4, -0.2) is 331 Å². The molecule has 37 atom stereocenters. The third-order valence-corrected chi connectivity index (χ3v) is 24.4. The first kappa shape index (κ1) is 77.1. The number of carbonyl (C=O) groups is 1. The van der Waals surface area contributed by atoms with Gasteiger partial charge in [0.15, 0.2) is 37.7 Å². The Morgan fingerprint density at radius 3 is 1.50 bits per heavy atom. The van der Waals surface area contributed by atoms with Crippen molar-refractivity contribution in [2.24, 2.45) is 45.3 Å². The van der Waals surface area contributed by atoms with Crippen LogP contribution in [0.2, 0.25) is 0 Å². The van der Waals surface area contributed by atoms with Gasteiger partial charge in [-0.3, -0.25) is 4.79 Å². The summed E-state index contributed by atoms with van der Waals surface area (Å²) in [6.07, 6.45) is -41.5. The van der Waals surface area contributed by atoms with Gasteiger partial charge in [0.2, 0.25) is 0 Å². The number of fused-ring (bicyclic) bond motifs is 4. The second kappa shape index (κ2) is 30.1. The van der Waals surface area contributed by atoms with E-state index in [4.69, 9.17) is 71.1 Å². The summed E-state index contributed by atoms with van der Waals surface area (Å²) in [7, 11) is 2.37. The maximum Gasteiger partial charge on any atom is 0.313 e. The molecule has 0 aromatic rings. The molecule has 16 N–H and O–H groups in total. The van der Waals surface area contributed by atoms with Crippen LogP contribution in [0.15, 0.2) is 11.6 Å². The van der Waals surface area contributed by atoms with Crippen molar-refractivity contribution in [3.63, 3.8) is 0 Å². The second-order valence-electron chi connectivity index (χ2n) is 30.9. The number of hydrogen-bond donors (Lipinski definition) is 16. The van der Waals surface area contributed by atoms with E-state index in [1.165, 1.54) is 19.8 Å². The first-order chi connectivity index (χ1) is 46.3. The van der Waals surface area contributed by atoms with E-state index in [-0.39, 0.29) is 35.1 Å². The van der Waals surface area contributed by atoms with Gasteiger partial charge >= 0.3 is 5.97 Å². The number of hydrogen-bond acceptors (Lipinski definition) is 32. The van der Waals surface area contributed by atoms with Crippen LogP contribution >= 0.6 is 0 Å². The molecule has 0 aromatic heterocycles. The Bertz CT molecular complexity index is 2700. The lowest BCUT2D eigenvalue weighted by Gasteiger charge is -2.64. The van der Waals surface area contributed by atoms with Crippen molar-refractivity contribution in [2.45, 2.75) is 296 Å². The molecule has 98 heavy (non-hydrogen) atoms. The van der Waals surface area contributed by atoms with Crippen LogP contribution in [0.4, 0.5) is 0 Å². The van der Waals surface area contributed by atoms with Crippen molar-refractivity contribution in [1.82, 2.24) is 0 Å². The molecule has 0 radical (unpaired) electrons. The Balaban J connectivity index is 0.853. The Labute approximate surface area is 568 Å². The summed E-state index contributed by atoms with van der Waals surface area (Å²) in [5.41, 5.74) is -1.78. The number of aliphatic hydroxyl groups excluding tert-OH is 16. The van der Waals surface area contributed by atoms with Gasteiger partial charge in [-0.05, 0) is 86.9 Å². The first-order valence-electron chi connectivity index (χ1n) is 34.7. The van der Waals surface area contributed by atoms with Gasteiger partial charge in [0, 0.05) is 32.0 Å². The summed E-state index contributed by atoms with van der Waals surface area (Å²) in [6, 6.07) is 0. The maximum atomic E-state index is 14.6. The van der Waals surface area contributed by atoms with E-state index in [0.717, 1.165) is 19.3 Å². The van der Waals surface area contributed by atoms with Crippen LogP contribution in [0.1, 0.15) is 106 Å². The highest BCUT2D eigenvalue weighted by atomic mass is 16.8. The lowest BCUT2D eigenvalue weighted by Crippen LogP contribution is -2.67. The summed E-state index contributed by atoms with van der Waals surface area (Å²) < 4.78 is 90.0. The zero-order valence-electron chi connectivity index (χ0n) is 57.0. The van der Waals surface area contributed by atoms with E-state index in [2.05, 4.69) is 47.6 Å². The van der Waals surface area contributed by atoms with Gasteiger partial charge in [0.05, 0.1) is 57.3 Å². The molecule has 3 saturated carbocycles. The fourth-order valence-electron chi connectivity index (χ4n) is 19.3. The van der Waals surface area contributed by atoms with Gasteiger partial charge in [-0.1, -0.05) is 53.2 Å². The van der Waals surface area contributed by atoms with Gasteiger partial charge in [-0.15, -0.1) is 0 Å². The number of aliphatic hydroxyl groups is 16. The number of carbonyl (C=O) groups excluding carboxylic acids is 1. The van der Waals surface area contributed by atoms with E-state index in [0.29, 0.717) is 38.5 Å². The molecule has 37 unspecified atom stereocenters. The van der Waals surface area contributed by atoms with E-state index in [9.17, 15) is 86.5 Å². The Morgan fingerprint density at radius 1 is 0.510 bits per heavy atom. The normalized spacial score (nSPS) is 52.1. The number of ether oxygens (including phenoxy) is 15. The summed E-state index contributed by atoms with van der Waals surface area (Å²) >= 11 is 0. The monoisotopic (exact) mass is 1410 g/mol. The molecule has 32 nitrogen and oxygen atoms in total. The van der Waals surface area contributed by atoms with Crippen molar-refractivity contribution >= 4 is 5.97 Å². The van der Waals surface area contributed by atoms with Crippen LogP contribution in [0.25, 0.3) is 0 Å². The van der Waals surface area contributed by atoms with Crippen LogP contribution < -0.4 is 0 Å². The standard InChI is InChI=1S/C66H108O32/c1-26(2)18-27(71)19-65(7)37-13-16-64(6)29-10-11-36-62(3,4)38(14-15-63(36,5)28(29)12-17-66(37,64)61(83)98-65)93-60-54(43(77)35(25-87-60)92-56-47(81)53(42(76)33(22-69)88-56)96-58-46(80)51(85-9)40(74)32(21-68)90-58)97-59-48(82)52(41(75)34(23-70)91-59)95-55-44(78)49(30(72)24-86-55)94-57-45(79)50(84-8)39(73)31(20-67)89-57/h10,26-28,30-60,67-82H,11-25H2,1-9H3. The smallest absolute Gasteiger partial charge is 0.313 e. The summed E-state index contributed by atoms with van der Waals surface area (Å²) in [5, 5.41) is 179. The highest BCUT2D eigenvalue weighted by Gasteiger charge is 2.76. The molecule has 4 aliphatic carbocycles. The molecule has 11 rings (SSSR count). The minimum absolute atomic E-state index is 0.0344. The Morgan fingerprint density at radius 2 is 0.980 bits per heavy atom. The predicted molar refractivity (Wildman–Crippen MR) is 327 cm³/mol. The molecular weight excluding hydrogens is 1300 g/mol. The average Bonchev–Trinajstić information content (AvgIpc) is 1.46. The average molecular weight is 1410 g/mol. The predicted octanol–water partition coefficient (Wildman–Crippen LogP) is -4.42. The third kappa shape index (κ3) is 13.4. The fourth-order valence-corrected chi connectivity index (χ4v) is 19.3. The number of cyclic esters (lactones) is 1. The number of methoxy groups -OCH3 is 2. The molecule has 1 spiro atoms. The van der Waals surface area contributed by atoms with Crippen LogP contribution in [0.3, 0.4) is 0 Å². The highest BCUT2D eigenvalue weighted by molar-refractivity contribution is 5.83. The molecule has 10 fully saturated rings. The van der Waals surface area contributed by atoms with Crippen molar-refractivity contribution in [3.05, 3.63) is 11.6 Å². The largest absolute Gasteiger partial charge is 0.458 e. The van der Waals surface area contributed by atoms with E-state index in [1.54, 1.807) is 0 Å². The number of allylic oxidation sites excluding steroid dienone is 2. The summed E-state index contributed by atoms with van der Waals surface area (Å²) in [5.74, 6) is 0.0535. The molecule has 0 bridgehead atoms. The maximum absolute atomic E-state index is 14.6. The zero-order chi connectivity index (χ0) is 71.2. The van der Waals surface area contributed by atoms with Gasteiger partial charge < -0.3 is 153 Å². The van der Waals surface area contributed by atoms with Crippen molar-refractivity contribution < 1.29 is 158 Å². The van der Waals surface area contributed by atoms with Gasteiger partial charge in [0.25, 0.3) is 0 Å². The van der Waals surface area contributed by atoms with Crippen molar-refractivity contribution in [1.29, 1.82) is 0 Å². The van der Waals surface area contributed by atoms with E-state index < -0.39 is 246 Å². The van der Waals surface area contributed by atoms with Gasteiger partial charge in [0.1, 0.15) is 140 Å². The molecule has 7 aliphatic heterocycles. The second-order valence-corrected chi connectivity index (χ2v) is 30.9. The van der Waals surface area contributed by atoms with Gasteiger partial charge in [-0.2, -0.15) is 0 Å². The summed E-state index contributed by atoms with van der Waals surface area (Å²) in [6.45, 7) is 10.4. The summed E-state index contributed by atoms with van der Waals surface area (Å²) in [4.78, 5) is 14.6. The fraction of sp³-hybridized carbons (Fsp3) is 0.955. The zero-order valence-corrected chi connectivity index (χ0v) is 57.0. The van der Waals surface area contributed by atoms with Crippen LogP contribution in [-0.2, 0) is 75.8 Å². The topological polar surface area (TPSA) is 479 Å². The van der Waals surface area contributed by atoms with Crippen LogP contribution in [0, 0.1) is 45.3 Å². The molecule has 0 aromatic carbocycles. The minimum Gasteiger partial charge on any atom is -0.458 e. The Hall–Kier alpha value is -1.99. The SMILES string of the molecule is COC1C(O)C(CO)OC(OC2C(O)COC(OC3C(O)C(CO)OC(OC4C(OC5CCC6(C)C7CCC89C(=O)OC(C)(CC(O)CC(C)C)C8CCC9(C)C7=CCC6C5(C)C)OCC(OC5OC(CO)C(O)C(OC6OC(CO)C(O)C(OC)C6O)C5O)C4O)C3O)C2O)C1O. The molecule has 11 aliphatic rings. The molecular formula is C66H108O32. The van der Waals surface area contributed by atoms with Crippen LogP contribution in [0.5, 0.6) is 0 Å². The molecule has 7 saturated heterocycles. The van der Waals surface area contributed by atoms with Crippen molar-refractivity contribution in [3.8, 4) is 0 Å². The molecule has 32 heteroatoms. The number of esters is 1. The highest BCUT2D eigenvalue weighted by Crippen LogP contribution is 2.76. The number of rotatable bonds is 22. The Kier molecular flexibility index (Phi) is 23.7. The molecule has 564 valence electrons. The third-order valence-electron chi connectivity index (χ3n) is 24.4.